The lowest BCUT2D eigenvalue weighted by atomic mass is 10.0. The first kappa shape index (κ1) is 13.4. The summed E-state index contributed by atoms with van der Waals surface area (Å²) in [4.78, 5) is 0. The number of anilines is 1. The van der Waals surface area contributed by atoms with Crippen molar-refractivity contribution in [2.75, 3.05) is 5.73 Å². The Labute approximate surface area is 128 Å². The smallest absolute Gasteiger partial charge is 0.153 e. The molecule has 0 spiro atoms. The average Bonchev–Trinajstić information content (AvgIpc) is 2.92. The van der Waals surface area contributed by atoms with Crippen LogP contribution in [0.15, 0.2) is 30.3 Å². The number of rotatable bonds is 2. The zero-order valence-corrected chi connectivity index (χ0v) is 12.3. The van der Waals surface area contributed by atoms with E-state index in [-0.39, 0.29) is 11.6 Å². The molecule has 0 atom stereocenters. The van der Waals surface area contributed by atoms with E-state index >= 15 is 0 Å². The van der Waals surface area contributed by atoms with E-state index in [1.807, 2.05) is 0 Å². The molecule has 0 radical (unpaired) electrons. The van der Waals surface area contributed by atoms with Gasteiger partial charge in [-0.3, -0.25) is 5.10 Å². The summed E-state index contributed by atoms with van der Waals surface area (Å²) in [5.41, 5.74) is 8.45. The molecule has 0 bridgehead atoms. The van der Waals surface area contributed by atoms with Crippen molar-refractivity contribution < 1.29 is 4.39 Å². The number of thiophene rings is 1. The number of nitrogen functional groups attached to an aromatic ring is 1. The lowest BCUT2D eigenvalue weighted by Crippen LogP contribution is -1.89. The zero-order chi connectivity index (χ0) is 14.3. The summed E-state index contributed by atoms with van der Waals surface area (Å²) in [6.45, 7) is 0. The minimum Gasteiger partial charge on any atom is -0.382 e. The number of halogens is 3. The van der Waals surface area contributed by atoms with E-state index in [9.17, 15) is 4.39 Å². The molecule has 3 aromatic rings. The van der Waals surface area contributed by atoms with Crippen molar-refractivity contribution in [2.45, 2.75) is 0 Å². The van der Waals surface area contributed by atoms with Gasteiger partial charge in [-0.05, 0) is 23.8 Å². The van der Waals surface area contributed by atoms with Crippen molar-refractivity contribution >= 4 is 40.4 Å². The van der Waals surface area contributed by atoms with Crippen molar-refractivity contribution in [3.8, 4) is 22.4 Å². The largest absolute Gasteiger partial charge is 0.382 e. The minimum atomic E-state index is -0.344. The van der Waals surface area contributed by atoms with Gasteiger partial charge in [0, 0.05) is 5.56 Å². The number of aromatic nitrogens is 2. The number of benzene rings is 1. The highest BCUT2D eigenvalue weighted by molar-refractivity contribution is 7.20. The Morgan fingerprint density at radius 2 is 2.05 bits per heavy atom. The standard InChI is InChI=1S/C13H8Cl2FN3S/c14-9-5-8(12(15)20-9)11-10(13(17)19-18-11)6-2-1-3-7(16)4-6/h1-5H,(H3,17,18,19). The third-order valence-electron chi connectivity index (χ3n) is 2.83. The molecular weight excluding hydrogens is 320 g/mol. The first-order valence-electron chi connectivity index (χ1n) is 5.61. The van der Waals surface area contributed by atoms with E-state index in [0.717, 1.165) is 0 Å². The second-order valence-electron chi connectivity index (χ2n) is 4.11. The summed E-state index contributed by atoms with van der Waals surface area (Å²) in [5, 5.41) is 6.81. The van der Waals surface area contributed by atoms with Crippen molar-refractivity contribution in [1.29, 1.82) is 0 Å². The maximum atomic E-state index is 13.4. The van der Waals surface area contributed by atoms with E-state index < -0.39 is 0 Å². The molecule has 0 aliphatic heterocycles. The maximum Gasteiger partial charge on any atom is 0.153 e. The van der Waals surface area contributed by atoms with Gasteiger partial charge in [0.15, 0.2) is 5.82 Å². The molecule has 0 fully saturated rings. The Morgan fingerprint density at radius 3 is 2.70 bits per heavy atom. The fourth-order valence-electron chi connectivity index (χ4n) is 2.00. The van der Waals surface area contributed by atoms with Crippen LogP contribution in [0.1, 0.15) is 0 Å². The van der Waals surface area contributed by atoms with Gasteiger partial charge in [-0.25, -0.2) is 4.39 Å². The van der Waals surface area contributed by atoms with Gasteiger partial charge in [0.25, 0.3) is 0 Å². The number of nitrogens with zero attached hydrogens (tertiary/aromatic N) is 1. The first-order chi connectivity index (χ1) is 9.56. The van der Waals surface area contributed by atoms with Crippen molar-refractivity contribution in [1.82, 2.24) is 10.2 Å². The van der Waals surface area contributed by atoms with E-state index in [1.165, 1.54) is 23.5 Å². The average molecular weight is 328 g/mol. The van der Waals surface area contributed by atoms with Crippen LogP contribution in [0.2, 0.25) is 8.67 Å². The topological polar surface area (TPSA) is 54.7 Å². The number of aromatic amines is 1. The highest BCUT2D eigenvalue weighted by Crippen LogP contribution is 2.42. The molecule has 0 saturated heterocycles. The van der Waals surface area contributed by atoms with Crippen LogP contribution in [-0.2, 0) is 0 Å². The highest BCUT2D eigenvalue weighted by atomic mass is 35.5. The van der Waals surface area contributed by atoms with Crippen molar-refractivity contribution in [3.63, 3.8) is 0 Å². The van der Waals surface area contributed by atoms with Gasteiger partial charge in [-0.2, -0.15) is 5.10 Å². The Hall–Kier alpha value is -1.56. The predicted octanol–water partition coefficient (Wildman–Crippen LogP) is 4.83. The van der Waals surface area contributed by atoms with Gasteiger partial charge >= 0.3 is 0 Å². The number of nitrogens with one attached hydrogen (secondary N) is 1. The fraction of sp³-hybridized carbons (Fsp3) is 0. The number of H-pyrrole nitrogens is 1. The molecular formula is C13H8Cl2FN3S. The van der Waals surface area contributed by atoms with Crippen LogP contribution >= 0.6 is 34.5 Å². The molecule has 2 aromatic heterocycles. The SMILES string of the molecule is Nc1n[nH]c(-c2cc(Cl)sc2Cl)c1-c1cccc(F)c1. The van der Waals surface area contributed by atoms with E-state index in [2.05, 4.69) is 10.2 Å². The van der Waals surface area contributed by atoms with Crippen LogP contribution in [0.25, 0.3) is 22.4 Å². The molecule has 0 amide bonds. The molecule has 2 heterocycles. The summed E-state index contributed by atoms with van der Waals surface area (Å²) in [5.74, 6) is -0.0625. The normalized spacial score (nSPS) is 10.9. The Balaban J connectivity index is 2.22. The molecule has 3 rings (SSSR count). The molecule has 0 unspecified atom stereocenters. The summed E-state index contributed by atoms with van der Waals surface area (Å²) in [6.07, 6.45) is 0. The monoisotopic (exact) mass is 327 g/mol. The molecule has 0 saturated carbocycles. The predicted molar refractivity (Wildman–Crippen MR) is 81.7 cm³/mol. The molecule has 3 N–H and O–H groups in total. The van der Waals surface area contributed by atoms with Gasteiger partial charge in [-0.1, -0.05) is 35.3 Å². The molecule has 20 heavy (non-hydrogen) atoms. The summed E-state index contributed by atoms with van der Waals surface area (Å²) in [7, 11) is 0. The molecule has 102 valence electrons. The van der Waals surface area contributed by atoms with Crippen LogP contribution in [0.5, 0.6) is 0 Å². The van der Waals surface area contributed by atoms with Crippen LogP contribution in [0, 0.1) is 5.82 Å². The molecule has 1 aromatic carbocycles. The molecule has 7 heteroatoms. The minimum absolute atomic E-state index is 0.281. The summed E-state index contributed by atoms with van der Waals surface area (Å²) in [6, 6.07) is 7.86. The quantitative estimate of drug-likeness (QED) is 0.708. The Morgan fingerprint density at radius 1 is 1.25 bits per heavy atom. The lowest BCUT2D eigenvalue weighted by Gasteiger charge is -2.04. The van der Waals surface area contributed by atoms with Crippen molar-refractivity contribution in [3.05, 3.63) is 44.8 Å². The number of hydrogen-bond donors (Lipinski definition) is 2. The van der Waals surface area contributed by atoms with Crippen LogP contribution in [0.4, 0.5) is 10.2 Å². The van der Waals surface area contributed by atoms with E-state index in [4.69, 9.17) is 28.9 Å². The zero-order valence-electron chi connectivity index (χ0n) is 9.95. The van der Waals surface area contributed by atoms with Crippen LogP contribution in [-0.4, -0.2) is 10.2 Å². The fourth-order valence-corrected chi connectivity index (χ4v) is 3.47. The molecule has 0 aliphatic rings. The van der Waals surface area contributed by atoms with Crippen LogP contribution < -0.4 is 5.73 Å². The maximum absolute atomic E-state index is 13.4. The van der Waals surface area contributed by atoms with Gasteiger partial charge < -0.3 is 5.73 Å². The third kappa shape index (κ3) is 2.28. The van der Waals surface area contributed by atoms with E-state index in [1.54, 1.807) is 18.2 Å². The van der Waals surface area contributed by atoms with Crippen LogP contribution in [0.3, 0.4) is 0 Å². The second kappa shape index (κ2) is 5.09. The Bertz CT molecular complexity index is 782. The summed E-state index contributed by atoms with van der Waals surface area (Å²) < 4.78 is 14.5. The second-order valence-corrected chi connectivity index (χ2v) is 6.39. The van der Waals surface area contributed by atoms with Crippen molar-refractivity contribution in [2.24, 2.45) is 0 Å². The molecule has 0 aliphatic carbocycles. The lowest BCUT2D eigenvalue weighted by molar-refractivity contribution is 0.628. The van der Waals surface area contributed by atoms with Gasteiger partial charge in [0.05, 0.1) is 15.6 Å². The summed E-state index contributed by atoms with van der Waals surface area (Å²) >= 11 is 13.4. The van der Waals surface area contributed by atoms with Gasteiger partial charge in [0.2, 0.25) is 0 Å². The molecule has 3 nitrogen and oxygen atoms in total. The number of hydrogen-bond acceptors (Lipinski definition) is 3. The first-order valence-corrected chi connectivity index (χ1v) is 7.18. The highest BCUT2D eigenvalue weighted by Gasteiger charge is 2.19. The van der Waals surface area contributed by atoms with Gasteiger partial charge in [0.1, 0.15) is 10.2 Å². The van der Waals surface area contributed by atoms with Gasteiger partial charge in [-0.15, -0.1) is 11.3 Å². The third-order valence-corrected chi connectivity index (χ3v) is 4.32. The Kier molecular flexibility index (Phi) is 3.41. The van der Waals surface area contributed by atoms with E-state index in [0.29, 0.717) is 31.1 Å². The number of nitrogens with two attached hydrogens (primary N) is 1.